The van der Waals surface area contributed by atoms with Crippen molar-refractivity contribution in [2.24, 2.45) is 0 Å². The molecule has 144 valence electrons. The highest BCUT2D eigenvalue weighted by Gasteiger charge is 2.46. The van der Waals surface area contributed by atoms with Gasteiger partial charge >= 0.3 is 0 Å². The van der Waals surface area contributed by atoms with Crippen molar-refractivity contribution in [3.8, 4) is 0 Å². The molecule has 4 nitrogen and oxygen atoms in total. The number of aryl methyl sites for hydroxylation is 1. The molecular formula is C21H32ClN3O. The van der Waals surface area contributed by atoms with Gasteiger partial charge in [-0.3, -0.25) is 9.69 Å². The van der Waals surface area contributed by atoms with Crippen molar-refractivity contribution in [1.82, 2.24) is 15.1 Å². The zero-order valence-electron chi connectivity index (χ0n) is 15.9. The van der Waals surface area contributed by atoms with Crippen LogP contribution in [0.3, 0.4) is 0 Å². The third kappa shape index (κ3) is 3.64. The molecule has 3 fully saturated rings. The van der Waals surface area contributed by atoms with Gasteiger partial charge in [-0.2, -0.15) is 0 Å². The van der Waals surface area contributed by atoms with Crippen LogP contribution in [0.2, 0.25) is 0 Å². The van der Waals surface area contributed by atoms with E-state index in [4.69, 9.17) is 0 Å². The lowest BCUT2D eigenvalue weighted by molar-refractivity contribution is -0.136. The number of nitrogens with zero attached hydrogens (tertiary/aromatic N) is 2. The summed E-state index contributed by atoms with van der Waals surface area (Å²) in [5.74, 6) is 0.397. The molecule has 26 heavy (non-hydrogen) atoms. The molecule has 2 aliphatic heterocycles. The molecule has 2 heterocycles. The monoisotopic (exact) mass is 377 g/mol. The molecule has 2 saturated heterocycles. The second-order valence-corrected chi connectivity index (χ2v) is 8.14. The summed E-state index contributed by atoms with van der Waals surface area (Å²) in [5.41, 5.74) is 2.25. The van der Waals surface area contributed by atoms with Crippen LogP contribution in [0.1, 0.15) is 43.2 Å². The number of benzene rings is 1. The van der Waals surface area contributed by atoms with Crippen LogP contribution < -0.4 is 5.32 Å². The van der Waals surface area contributed by atoms with Gasteiger partial charge in [0.25, 0.3) is 0 Å². The van der Waals surface area contributed by atoms with Gasteiger partial charge in [-0.05, 0) is 31.7 Å². The van der Waals surface area contributed by atoms with Gasteiger partial charge < -0.3 is 10.2 Å². The molecule has 0 radical (unpaired) electrons. The van der Waals surface area contributed by atoms with E-state index >= 15 is 0 Å². The molecule has 4 rings (SSSR count). The third-order valence-electron chi connectivity index (χ3n) is 6.56. The van der Waals surface area contributed by atoms with Crippen molar-refractivity contribution in [2.75, 3.05) is 39.3 Å². The molecule has 1 saturated carbocycles. The highest BCUT2D eigenvalue weighted by Crippen LogP contribution is 2.43. The van der Waals surface area contributed by atoms with Gasteiger partial charge in [0.15, 0.2) is 0 Å². The van der Waals surface area contributed by atoms with E-state index in [9.17, 15) is 4.79 Å². The molecule has 5 heteroatoms. The molecule has 1 aliphatic carbocycles. The van der Waals surface area contributed by atoms with Crippen LogP contribution in [0, 0.1) is 6.92 Å². The first-order valence-corrected chi connectivity index (χ1v) is 10.0. The minimum absolute atomic E-state index is 0. The Morgan fingerprint density at radius 3 is 2.58 bits per heavy atom. The second-order valence-electron chi connectivity index (χ2n) is 8.14. The topological polar surface area (TPSA) is 35.6 Å². The average Bonchev–Trinajstić information content (AvgIpc) is 3.32. The predicted octanol–water partition coefficient (Wildman–Crippen LogP) is 2.73. The van der Waals surface area contributed by atoms with E-state index in [1.54, 1.807) is 0 Å². The zero-order valence-corrected chi connectivity index (χ0v) is 16.7. The van der Waals surface area contributed by atoms with E-state index in [2.05, 4.69) is 46.3 Å². The Bertz CT molecular complexity index is 623. The van der Waals surface area contributed by atoms with Gasteiger partial charge in [-0.15, -0.1) is 12.4 Å². The van der Waals surface area contributed by atoms with Crippen LogP contribution in [0.15, 0.2) is 24.3 Å². The summed E-state index contributed by atoms with van der Waals surface area (Å²) in [7, 11) is 0. The molecule has 1 unspecified atom stereocenters. The van der Waals surface area contributed by atoms with Crippen molar-refractivity contribution in [3.05, 3.63) is 35.4 Å². The smallest absolute Gasteiger partial charge is 0.233 e. The fraction of sp³-hybridized carbons (Fsp3) is 0.667. The summed E-state index contributed by atoms with van der Waals surface area (Å²) >= 11 is 0. The lowest BCUT2D eigenvalue weighted by Crippen LogP contribution is -2.50. The first kappa shape index (κ1) is 19.7. The average molecular weight is 378 g/mol. The van der Waals surface area contributed by atoms with Gasteiger partial charge in [0.2, 0.25) is 5.91 Å². The van der Waals surface area contributed by atoms with Crippen LogP contribution in [0.25, 0.3) is 0 Å². The standard InChI is InChI=1S/C21H31N3O.ClH/c1-17-5-4-6-18(15-17)21(8-2-3-9-21)20(25)24-12-7-19(16-24)23-13-10-22-11-14-23;/h4-6,15,19,22H,2-3,7-14,16H2,1H3;1H. The Morgan fingerprint density at radius 1 is 1.15 bits per heavy atom. The number of piperazine rings is 1. The van der Waals surface area contributed by atoms with Crippen molar-refractivity contribution < 1.29 is 4.79 Å². The van der Waals surface area contributed by atoms with Crippen molar-refractivity contribution in [1.29, 1.82) is 0 Å². The van der Waals surface area contributed by atoms with Gasteiger partial charge in [-0.1, -0.05) is 42.7 Å². The van der Waals surface area contributed by atoms with Crippen LogP contribution in [-0.4, -0.2) is 61.0 Å². The Kier molecular flexibility index (Phi) is 6.26. The van der Waals surface area contributed by atoms with Crippen LogP contribution in [0.4, 0.5) is 0 Å². The molecule has 3 aliphatic rings. The predicted molar refractivity (Wildman–Crippen MR) is 108 cm³/mol. The van der Waals surface area contributed by atoms with Gasteiger partial charge in [0.1, 0.15) is 0 Å². The summed E-state index contributed by atoms with van der Waals surface area (Å²) in [5, 5.41) is 3.43. The lowest BCUT2D eigenvalue weighted by atomic mass is 9.77. The number of carbonyl (C=O) groups excluding carboxylic acids is 1. The van der Waals surface area contributed by atoms with E-state index in [1.165, 1.54) is 24.0 Å². The summed E-state index contributed by atoms with van der Waals surface area (Å²) in [4.78, 5) is 18.4. The van der Waals surface area contributed by atoms with Crippen molar-refractivity contribution in [2.45, 2.75) is 50.5 Å². The molecule has 0 bridgehead atoms. The summed E-state index contributed by atoms with van der Waals surface area (Å²) in [6.07, 6.45) is 5.52. The number of rotatable bonds is 3. The maximum atomic E-state index is 13.6. The van der Waals surface area contributed by atoms with Crippen molar-refractivity contribution in [3.63, 3.8) is 0 Å². The quantitative estimate of drug-likeness (QED) is 0.879. The molecule has 1 atom stereocenters. The maximum Gasteiger partial charge on any atom is 0.233 e. The Labute approximate surface area is 163 Å². The number of carbonyl (C=O) groups is 1. The Morgan fingerprint density at radius 2 is 1.88 bits per heavy atom. The number of hydrogen-bond donors (Lipinski definition) is 1. The van der Waals surface area contributed by atoms with Gasteiger partial charge in [-0.25, -0.2) is 0 Å². The van der Waals surface area contributed by atoms with E-state index in [0.717, 1.165) is 58.5 Å². The molecule has 1 amide bonds. The zero-order chi connectivity index (χ0) is 17.3. The first-order valence-electron chi connectivity index (χ1n) is 10.0. The van der Waals surface area contributed by atoms with Gasteiger partial charge in [0.05, 0.1) is 5.41 Å². The van der Waals surface area contributed by atoms with Crippen LogP contribution >= 0.6 is 12.4 Å². The minimum atomic E-state index is -0.260. The number of likely N-dealkylation sites (tertiary alicyclic amines) is 1. The maximum absolute atomic E-state index is 13.6. The molecule has 1 N–H and O–H groups in total. The second kappa shape index (κ2) is 8.28. The summed E-state index contributed by atoms with van der Waals surface area (Å²) < 4.78 is 0. The Balaban J connectivity index is 0.00000196. The third-order valence-corrected chi connectivity index (χ3v) is 6.56. The van der Waals surface area contributed by atoms with E-state index in [0.29, 0.717) is 11.9 Å². The summed E-state index contributed by atoms with van der Waals surface area (Å²) in [6, 6.07) is 9.23. The fourth-order valence-electron chi connectivity index (χ4n) is 5.12. The molecule has 0 aromatic heterocycles. The molecule has 1 aromatic carbocycles. The lowest BCUT2D eigenvalue weighted by Gasteiger charge is -2.35. The van der Waals surface area contributed by atoms with E-state index < -0.39 is 0 Å². The highest BCUT2D eigenvalue weighted by molar-refractivity contribution is 5.89. The summed E-state index contributed by atoms with van der Waals surface area (Å²) in [6.45, 7) is 8.39. The van der Waals surface area contributed by atoms with E-state index in [-0.39, 0.29) is 17.8 Å². The highest BCUT2D eigenvalue weighted by atomic mass is 35.5. The molecular weight excluding hydrogens is 346 g/mol. The molecule has 0 spiro atoms. The minimum Gasteiger partial charge on any atom is -0.340 e. The number of nitrogens with one attached hydrogen (secondary N) is 1. The van der Waals surface area contributed by atoms with Gasteiger partial charge in [0, 0.05) is 45.3 Å². The molecule has 1 aromatic rings. The number of amides is 1. The van der Waals surface area contributed by atoms with Crippen LogP contribution in [0.5, 0.6) is 0 Å². The number of halogens is 1. The van der Waals surface area contributed by atoms with Crippen molar-refractivity contribution >= 4 is 18.3 Å². The first-order chi connectivity index (χ1) is 12.2. The largest absolute Gasteiger partial charge is 0.340 e. The normalized spacial score (nSPS) is 25.9. The van der Waals surface area contributed by atoms with E-state index in [1.807, 2.05) is 0 Å². The Hall–Kier alpha value is -1.10. The number of hydrogen-bond acceptors (Lipinski definition) is 3. The van der Waals surface area contributed by atoms with Crippen LogP contribution in [-0.2, 0) is 10.2 Å². The SMILES string of the molecule is Cc1cccc(C2(C(=O)N3CCC(N4CCNCC4)C3)CCCC2)c1.Cl. The fourth-order valence-corrected chi connectivity index (χ4v) is 5.12.